The SMILES string of the molecule is CC.CC.CC(O/N=C(\C(=O)NC1C(=O)N(OS(=O)O)C1(C)C)c1csc(N)n1)(C(=O)O)C1CCc2cc(C(N)=NC3CC(N)C3)ccc2O1.OCCO. The molecule has 302 valence electrons. The molecule has 4 atom stereocenters. The second-order valence-electron chi connectivity index (χ2n) is 12.3. The Hall–Kier alpha value is -4.25. The highest BCUT2D eigenvalue weighted by molar-refractivity contribution is 7.74. The number of rotatable bonds is 12. The largest absolute Gasteiger partial charge is 0.485 e. The maximum atomic E-state index is 13.4. The quantitative estimate of drug-likeness (QED) is 0.0490. The number of aliphatic imine (C=N–C) groups is 1. The number of carbonyl (C=O) groups excluding carboxylic acids is 2. The first-order valence-electron chi connectivity index (χ1n) is 17.3. The maximum absolute atomic E-state index is 13.4. The normalized spacial score (nSPS) is 22.9. The molecule has 3 heterocycles. The summed E-state index contributed by atoms with van der Waals surface area (Å²) in [5.41, 5.74) is 15.5. The van der Waals surface area contributed by atoms with E-state index in [1.807, 2.05) is 33.8 Å². The van der Waals surface area contributed by atoms with Gasteiger partial charge in [-0.05, 0) is 70.2 Å². The van der Waals surface area contributed by atoms with Gasteiger partial charge in [-0.25, -0.2) is 9.78 Å². The topological polar surface area (TPSA) is 308 Å². The molecule has 21 heteroatoms. The second kappa shape index (κ2) is 20.4. The number of nitrogens with zero attached hydrogens (tertiary/aromatic N) is 4. The number of ether oxygens (including phenoxy) is 1. The summed E-state index contributed by atoms with van der Waals surface area (Å²) in [4.78, 5) is 52.8. The molecule has 1 aliphatic carbocycles. The highest BCUT2D eigenvalue weighted by Crippen LogP contribution is 2.35. The number of amides is 2. The van der Waals surface area contributed by atoms with Crippen LogP contribution in [0.5, 0.6) is 5.75 Å². The van der Waals surface area contributed by atoms with E-state index >= 15 is 0 Å². The highest BCUT2D eigenvalue weighted by atomic mass is 32.2. The van der Waals surface area contributed by atoms with Crippen LogP contribution in [0.15, 0.2) is 33.7 Å². The number of carboxylic acid groups (broad SMARTS) is 1. The third kappa shape index (κ3) is 10.9. The average Bonchev–Trinajstić information content (AvgIpc) is 3.58. The van der Waals surface area contributed by atoms with Crippen LogP contribution in [0.2, 0.25) is 0 Å². The van der Waals surface area contributed by atoms with Gasteiger partial charge in [0.2, 0.25) is 0 Å². The number of nitrogen functional groups attached to an aromatic ring is 1. The smallest absolute Gasteiger partial charge is 0.354 e. The van der Waals surface area contributed by atoms with Crippen LogP contribution < -0.4 is 27.3 Å². The predicted octanol–water partition coefficient (Wildman–Crippen LogP) is 1.08. The summed E-state index contributed by atoms with van der Waals surface area (Å²) < 4.78 is 30.8. The Morgan fingerprint density at radius 1 is 1.20 bits per heavy atom. The van der Waals surface area contributed by atoms with Crippen LogP contribution in [0.3, 0.4) is 0 Å². The number of amidine groups is 1. The molecular weight excluding hydrogens is 749 g/mol. The Labute approximate surface area is 320 Å². The zero-order chi connectivity index (χ0) is 41.0. The maximum Gasteiger partial charge on any atom is 0.354 e. The van der Waals surface area contributed by atoms with Gasteiger partial charge in [0.05, 0.1) is 24.8 Å². The molecule has 19 nitrogen and oxygen atoms in total. The number of hydroxylamine groups is 2. The van der Waals surface area contributed by atoms with Crippen LogP contribution in [0, 0.1) is 0 Å². The van der Waals surface area contributed by atoms with Crippen molar-refractivity contribution in [3.63, 3.8) is 0 Å². The van der Waals surface area contributed by atoms with Crippen LogP contribution in [-0.4, -0.2) is 112 Å². The van der Waals surface area contributed by atoms with Crippen molar-refractivity contribution >= 4 is 57.2 Å². The zero-order valence-electron chi connectivity index (χ0n) is 31.3. The van der Waals surface area contributed by atoms with Gasteiger partial charge in [-0.1, -0.05) is 32.9 Å². The first-order chi connectivity index (χ1) is 25.5. The molecule has 0 radical (unpaired) electrons. The van der Waals surface area contributed by atoms with E-state index in [4.69, 9.17) is 41.5 Å². The van der Waals surface area contributed by atoms with Crippen molar-refractivity contribution in [3.8, 4) is 5.75 Å². The van der Waals surface area contributed by atoms with Gasteiger partial charge in [0.15, 0.2) is 16.9 Å². The van der Waals surface area contributed by atoms with E-state index in [-0.39, 0.29) is 42.5 Å². The van der Waals surface area contributed by atoms with Crippen molar-refractivity contribution in [2.75, 3.05) is 18.9 Å². The van der Waals surface area contributed by atoms with Crippen LogP contribution in [0.25, 0.3) is 0 Å². The molecular formula is C33H52N8O11S2. The number of benzene rings is 1. The number of carbonyl (C=O) groups is 3. The predicted molar refractivity (Wildman–Crippen MR) is 203 cm³/mol. The molecule has 1 saturated heterocycles. The summed E-state index contributed by atoms with van der Waals surface area (Å²) in [6.45, 7) is 12.0. The Morgan fingerprint density at radius 2 is 1.83 bits per heavy atom. The minimum atomic E-state index is -2.77. The molecule has 5 rings (SSSR count). The fourth-order valence-electron chi connectivity index (χ4n) is 5.31. The molecule has 2 fully saturated rings. The Balaban J connectivity index is 0.00000116. The number of aliphatic hydroxyl groups excluding tert-OH is 2. The van der Waals surface area contributed by atoms with E-state index in [0.717, 1.165) is 29.7 Å². The van der Waals surface area contributed by atoms with E-state index in [1.54, 1.807) is 12.1 Å². The number of hydrogen-bond acceptors (Lipinski definition) is 15. The molecule has 2 amide bonds. The fourth-order valence-corrected chi connectivity index (χ4v) is 6.25. The van der Waals surface area contributed by atoms with E-state index in [2.05, 4.69) is 24.7 Å². The van der Waals surface area contributed by atoms with Gasteiger partial charge >= 0.3 is 17.3 Å². The molecule has 1 aromatic carbocycles. The lowest BCUT2D eigenvalue weighted by Gasteiger charge is -2.50. The van der Waals surface area contributed by atoms with Gasteiger partial charge in [-0.15, -0.1) is 15.6 Å². The summed E-state index contributed by atoms with van der Waals surface area (Å²) in [7, 11) is 0. The number of thiazole rings is 1. The monoisotopic (exact) mass is 800 g/mol. The van der Waals surface area contributed by atoms with Gasteiger partial charge in [0, 0.05) is 17.0 Å². The van der Waals surface area contributed by atoms with E-state index in [0.29, 0.717) is 28.6 Å². The first kappa shape index (κ1) is 45.9. The molecule has 0 spiro atoms. The summed E-state index contributed by atoms with van der Waals surface area (Å²) in [5, 5.41) is 34.1. The van der Waals surface area contributed by atoms with Crippen molar-refractivity contribution in [1.29, 1.82) is 0 Å². The number of oxime groups is 1. The summed E-state index contributed by atoms with van der Waals surface area (Å²) in [6.07, 6.45) is 1.18. The Bertz CT molecular complexity index is 1680. The van der Waals surface area contributed by atoms with Gasteiger partial charge in [0.1, 0.15) is 23.3 Å². The zero-order valence-corrected chi connectivity index (χ0v) is 33.0. The number of β-lactam (4-membered cyclic amide) rings is 1. The molecule has 4 unspecified atom stereocenters. The van der Waals surface area contributed by atoms with Gasteiger partial charge in [-0.2, -0.15) is 9.27 Å². The third-order valence-corrected chi connectivity index (χ3v) is 9.26. The number of nitrogens with two attached hydrogens (primary N) is 3. The molecule has 3 aliphatic rings. The van der Waals surface area contributed by atoms with Crippen molar-refractivity contribution in [3.05, 3.63) is 40.4 Å². The van der Waals surface area contributed by atoms with E-state index in [9.17, 15) is 23.7 Å². The fraction of sp³-hybridized carbons (Fsp3) is 0.576. The van der Waals surface area contributed by atoms with Crippen LogP contribution in [-0.2, 0) is 41.3 Å². The lowest BCUT2D eigenvalue weighted by atomic mass is 9.84. The number of nitrogens with one attached hydrogen (secondary N) is 1. The number of aliphatic carboxylic acids is 1. The van der Waals surface area contributed by atoms with E-state index in [1.165, 1.54) is 26.2 Å². The van der Waals surface area contributed by atoms with Gasteiger partial charge < -0.3 is 47.4 Å². The second-order valence-corrected chi connectivity index (χ2v) is 13.8. The number of carboxylic acids is 1. The summed E-state index contributed by atoms with van der Waals surface area (Å²) in [6, 6.07) is 4.31. The highest BCUT2D eigenvalue weighted by Gasteiger charge is 2.57. The van der Waals surface area contributed by atoms with Crippen molar-refractivity contribution in [2.24, 2.45) is 21.6 Å². The Kier molecular flexibility index (Phi) is 17.4. The number of aliphatic hydroxyl groups is 2. The molecule has 1 saturated carbocycles. The standard InChI is InChI=1S/C27H34N8O9S2.C2H6O2.2C2H6/c1-26(2)20(23(37)35(26)44-46(40)41)33-22(36)19(16-11-45-25(30)32-16)34-43-27(3,24(38)39)18-7-5-12-8-13(4-6-17(12)42-18)21(29)31-15-9-14(28)10-15;3-1-2-4;2*1-2/h4,6,8,11,14-15,18,20H,5,7,9-10,28H2,1-3H3,(H2,29,31)(H2,30,32)(H,33,36)(H,38,39)(H,40,41);3-4H,1-2H2;2*1-2H3/b34-19-;;;. The molecule has 1 aromatic heterocycles. The van der Waals surface area contributed by atoms with Gasteiger partial charge in [0.25, 0.3) is 17.4 Å². The average molecular weight is 801 g/mol. The summed E-state index contributed by atoms with van der Waals surface area (Å²) >= 11 is -1.77. The molecule has 0 bridgehead atoms. The minimum absolute atomic E-state index is 0.0348. The molecule has 11 N–H and O–H groups in total. The molecule has 54 heavy (non-hydrogen) atoms. The number of aryl methyl sites for hydroxylation is 1. The van der Waals surface area contributed by atoms with Crippen LogP contribution in [0.1, 0.15) is 84.5 Å². The third-order valence-electron chi connectivity index (χ3n) is 8.31. The lowest BCUT2D eigenvalue weighted by molar-refractivity contribution is -0.216. The minimum Gasteiger partial charge on any atom is -0.485 e. The van der Waals surface area contributed by atoms with E-state index < -0.39 is 58.1 Å². The van der Waals surface area contributed by atoms with Gasteiger partial charge in [-0.3, -0.25) is 19.1 Å². The van der Waals surface area contributed by atoms with Crippen molar-refractivity contribution in [2.45, 2.75) is 110 Å². The lowest BCUT2D eigenvalue weighted by Crippen LogP contribution is -2.76. The number of fused-ring (bicyclic) bond motifs is 1. The van der Waals surface area contributed by atoms with Crippen LogP contribution in [0.4, 0.5) is 5.13 Å². The molecule has 2 aromatic rings. The summed E-state index contributed by atoms with van der Waals surface area (Å²) in [5.74, 6) is -2.33. The molecule has 2 aliphatic heterocycles. The van der Waals surface area contributed by atoms with Crippen molar-refractivity contribution in [1.82, 2.24) is 15.4 Å². The Morgan fingerprint density at radius 3 is 2.33 bits per heavy atom. The van der Waals surface area contributed by atoms with Crippen molar-refractivity contribution < 1.29 is 52.3 Å². The number of hydrogen-bond donors (Lipinski definition) is 8. The number of anilines is 1. The van der Waals surface area contributed by atoms with Crippen LogP contribution >= 0.6 is 11.3 Å². The first-order valence-corrected chi connectivity index (χ1v) is 19.2. The number of aromatic nitrogens is 1.